The Morgan fingerprint density at radius 1 is 0.889 bits per heavy atom. The lowest BCUT2D eigenvalue weighted by Crippen LogP contribution is -2.27. The van der Waals surface area contributed by atoms with Gasteiger partial charge in [0, 0.05) is 25.0 Å². The van der Waals surface area contributed by atoms with Crippen molar-refractivity contribution in [2.24, 2.45) is 5.92 Å². The summed E-state index contributed by atoms with van der Waals surface area (Å²) in [5, 5.41) is -0.660. The predicted octanol–water partition coefficient (Wildman–Crippen LogP) is 6.10. The van der Waals surface area contributed by atoms with E-state index in [2.05, 4.69) is 0 Å². The van der Waals surface area contributed by atoms with E-state index in [1.807, 2.05) is 93.6 Å². The summed E-state index contributed by atoms with van der Waals surface area (Å²) in [6.07, 6.45) is 6.52. The molecule has 0 bridgehead atoms. The third-order valence-corrected chi connectivity index (χ3v) is 7.69. The highest BCUT2D eigenvalue weighted by Crippen LogP contribution is 2.21. The van der Waals surface area contributed by atoms with Gasteiger partial charge in [-0.2, -0.15) is 0 Å². The first-order chi connectivity index (χ1) is 17.1. The number of carbonyl (C=O) groups is 1. The minimum absolute atomic E-state index is 0.0160. The normalized spacial score (nSPS) is 16.0. The van der Waals surface area contributed by atoms with Gasteiger partial charge in [0.2, 0.25) is 0 Å². The van der Waals surface area contributed by atoms with E-state index in [0.29, 0.717) is 13.2 Å². The molecule has 0 saturated carbocycles. The lowest BCUT2D eigenvalue weighted by Gasteiger charge is -2.24. The number of rotatable bonds is 15. The molecule has 0 aliphatic rings. The van der Waals surface area contributed by atoms with Crippen molar-refractivity contribution in [2.45, 2.75) is 71.2 Å². The number of hydrogen-bond donors (Lipinski definition) is 0. The Kier molecular flexibility index (Phi) is 12.3. The second-order valence-corrected chi connectivity index (χ2v) is 11.8. The molecule has 2 rings (SSSR count). The Balaban J connectivity index is 2.15. The van der Waals surface area contributed by atoms with Crippen molar-refractivity contribution in [3.05, 3.63) is 95.6 Å². The van der Waals surface area contributed by atoms with Gasteiger partial charge in [0.05, 0.1) is 30.7 Å². The number of benzene rings is 2. The van der Waals surface area contributed by atoms with E-state index in [1.165, 1.54) is 6.26 Å². The molecule has 0 amide bonds. The summed E-state index contributed by atoms with van der Waals surface area (Å²) in [5.74, 6) is 0.0791. The van der Waals surface area contributed by atoms with Crippen LogP contribution in [0.4, 0.5) is 0 Å². The summed E-state index contributed by atoms with van der Waals surface area (Å²) in [5.41, 5.74) is 2.78. The average Bonchev–Trinajstić information content (AvgIpc) is 2.85. The van der Waals surface area contributed by atoms with E-state index in [0.717, 1.165) is 16.7 Å². The number of sulfone groups is 1. The molecule has 6 heteroatoms. The molecule has 2 aromatic rings. The molecule has 196 valence electrons. The van der Waals surface area contributed by atoms with E-state index >= 15 is 0 Å². The third-order valence-electron chi connectivity index (χ3n) is 6.21. The van der Waals surface area contributed by atoms with Crippen molar-refractivity contribution in [3.63, 3.8) is 0 Å². The summed E-state index contributed by atoms with van der Waals surface area (Å²) in [4.78, 5) is 13.3. The molecule has 0 unspecified atom stereocenters. The first-order valence-corrected chi connectivity index (χ1v) is 14.4. The van der Waals surface area contributed by atoms with Crippen LogP contribution in [0.15, 0.2) is 84.5 Å². The average molecular weight is 513 g/mol. The molecule has 0 aliphatic heterocycles. The number of ether oxygens (including phenoxy) is 2. The van der Waals surface area contributed by atoms with Gasteiger partial charge in [-0.1, -0.05) is 85.8 Å². The van der Waals surface area contributed by atoms with Crippen LogP contribution in [0.3, 0.4) is 0 Å². The molecule has 0 aliphatic carbocycles. The van der Waals surface area contributed by atoms with Crippen LogP contribution in [0.1, 0.15) is 51.7 Å². The highest BCUT2D eigenvalue weighted by molar-refractivity contribution is 7.91. The zero-order valence-electron chi connectivity index (χ0n) is 22.1. The maximum absolute atomic E-state index is 13.3. The van der Waals surface area contributed by atoms with Crippen LogP contribution in [0.2, 0.25) is 0 Å². The number of ketones is 1. The minimum atomic E-state index is -3.24. The zero-order chi connectivity index (χ0) is 26.6. The Morgan fingerprint density at radius 2 is 1.42 bits per heavy atom. The van der Waals surface area contributed by atoms with Crippen LogP contribution < -0.4 is 0 Å². The van der Waals surface area contributed by atoms with E-state index in [1.54, 1.807) is 13.0 Å². The van der Waals surface area contributed by atoms with Gasteiger partial charge in [0.1, 0.15) is 5.78 Å². The molecule has 0 heterocycles. The summed E-state index contributed by atoms with van der Waals surface area (Å²) < 4.78 is 36.3. The Morgan fingerprint density at radius 3 is 1.92 bits per heavy atom. The largest absolute Gasteiger partial charge is 0.372 e. The molecular formula is C30H40O5S. The molecular weight excluding hydrogens is 472 g/mol. The van der Waals surface area contributed by atoms with Crippen molar-refractivity contribution in [2.75, 3.05) is 6.26 Å². The first kappa shape index (κ1) is 29.7. The van der Waals surface area contributed by atoms with Crippen molar-refractivity contribution in [3.8, 4) is 0 Å². The van der Waals surface area contributed by atoms with E-state index in [4.69, 9.17) is 9.47 Å². The molecule has 4 atom stereocenters. The van der Waals surface area contributed by atoms with Gasteiger partial charge >= 0.3 is 0 Å². The zero-order valence-corrected chi connectivity index (χ0v) is 22.9. The van der Waals surface area contributed by atoms with E-state index < -0.39 is 21.2 Å². The third kappa shape index (κ3) is 10.6. The maximum atomic E-state index is 13.3. The molecule has 0 N–H and O–H groups in total. The minimum Gasteiger partial charge on any atom is -0.372 e. The fourth-order valence-corrected chi connectivity index (χ4v) is 4.30. The van der Waals surface area contributed by atoms with Crippen LogP contribution in [0.25, 0.3) is 0 Å². The second kappa shape index (κ2) is 14.9. The van der Waals surface area contributed by atoms with Gasteiger partial charge in [-0.05, 0) is 37.5 Å². The van der Waals surface area contributed by atoms with Gasteiger partial charge in [-0.15, -0.1) is 0 Å². The SMILES string of the molecule is C/C=C/[C@@H](C)[C@H](CC(=O)C[C@@H](OCc1ccccc1)/C(C)=C\[C@H](C)S(C)(=O)=O)OCc1ccccc1. The highest BCUT2D eigenvalue weighted by Gasteiger charge is 2.24. The lowest BCUT2D eigenvalue weighted by molar-refractivity contribution is -0.125. The molecule has 0 spiro atoms. The van der Waals surface area contributed by atoms with Gasteiger partial charge < -0.3 is 9.47 Å². The van der Waals surface area contributed by atoms with Crippen LogP contribution >= 0.6 is 0 Å². The molecule has 5 nitrogen and oxygen atoms in total. The number of allylic oxidation sites excluding steroid dienone is 1. The molecule has 0 fully saturated rings. The van der Waals surface area contributed by atoms with Crippen molar-refractivity contribution >= 4 is 15.6 Å². The summed E-state index contributed by atoms with van der Waals surface area (Å²) in [7, 11) is -3.24. The molecule has 0 saturated heterocycles. The van der Waals surface area contributed by atoms with Gasteiger partial charge in [0.15, 0.2) is 9.84 Å². The van der Waals surface area contributed by atoms with Crippen LogP contribution in [-0.2, 0) is 37.3 Å². The lowest BCUT2D eigenvalue weighted by atomic mass is 9.95. The monoisotopic (exact) mass is 512 g/mol. The predicted molar refractivity (Wildman–Crippen MR) is 146 cm³/mol. The Labute approximate surface area is 217 Å². The number of Topliss-reactive ketones (excluding diaryl/α,β-unsaturated/α-hetero) is 1. The number of carbonyl (C=O) groups excluding carboxylic acids is 1. The number of hydrogen-bond acceptors (Lipinski definition) is 5. The Bertz CT molecular complexity index is 1090. The molecule has 0 aromatic heterocycles. The fraction of sp³-hybridized carbons (Fsp3) is 0.433. The standard InChI is InChI=1S/C30H40O5S/c1-6-13-23(2)29(34-21-26-14-9-7-10-15-26)19-28(31)20-30(24(3)18-25(4)36(5,32)33)35-22-27-16-11-8-12-17-27/h6-18,23,25,29-30H,19-22H2,1-5H3/b13-6+,24-18-/t23-,25+,29+,30-/m1/s1. The maximum Gasteiger partial charge on any atom is 0.153 e. The van der Waals surface area contributed by atoms with Crippen molar-refractivity contribution in [1.82, 2.24) is 0 Å². The molecule has 2 aromatic carbocycles. The van der Waals surface area contributed by atoms with Gasteiger partial charge in [0.25, 0.3) is 0 Å². The summed E-state index contributed by atoms with van der Waals surface area (Å²) >= 11 is 0. The van der Waals surface area contributed by atoms with E-state index in [9.17, 15) is 13.2 Å². The van der Waals surface area contributed by atoms with Crippen LogP contribution in [0.5, 0.6) is 0 Å². The topological polar surface area (TPSA) is 69.7 Å². The van der Waals surface area contributed by atoms with Crippen LogP contribution in [-0.4, -0.2) is 37.9 Å². The quantitative estimate of drug-likeness (QED) is 0.270. The molecule has 0 radical (unpaired) electrons. The fourth-order valence-electron chi connectivity index (χ4n) is 3.84. The highest BCUT2D eigenvalue weighted by atomic mass is 32.2. The smallest absolute Gasteiger partial charge is 0.153 e. The Hall–Kier alpha value is -2.54. The second-order valence-electron chi connectivity index (χ2n) is 9.40. The van der Waals surface area contributed by atoms with E-state index in [-0.39, 0.29) is 30.6 Å². The summed E-state index contributed by atoms with van der Waals surface area (Å²) in [6, 6.07) is 19.6. The van der Waals surface area contributed by atoms with Crippen molar-refractivity contribution < 1.29 is 22.7 Å². The van der Waals surface area contributed by atoms with Gasteiger partial charge in [-0.3, -0.25) is 4.79 Å². The van der Waals surface area contributed by atoms with Crippen LogP contribution in [0, 0.1) is 5.92 Å². The summed E-state index contributed by atoms with van der Waals surface area (Å²) in [6.45, 7) is 8.24. The first-order valence-electron chi connectivity index (χ1n) is 12.4. The molecule has 36 heavy (non-hydrogen) atoms. The van der Waals surface area contributed by atoms with Gasteiger partial charge in [-0.25, -0.2) is 8.42 Å². The van der Waals surface area contributed by atoms with Crippen molar-refractivity contribution in [1.29, 1.82) is 0 Å².